The Labute approximate surface area is 96.1 Å². The number of hydrogen-bond acceptors (Lipinski definition) is 3. The van der Waals surface area contributed by atoms with Gasteiger partial charge < -0.3 is 15.3 Å². The van der Waals surface area contributed by atoms with E-state index in [1.54, 1.807) is 0 Å². The van der Waals surface area contributed by atoms with Gasteiger partial charge in [-0.15, -0.1) is 6.58 Å². The van der Waals surface area contributed by atoms with E-state index in [0.29, 0.717) is 19.0 Å². The maximum atomic E-state index is 11.6. The smallest absolute Gasteiger partial charge is 0.323 e. The molecular weight excluding hydrogens is 208 g/mol. The number of nitrogens with one attached hydrogen (secondary N) is 1. The lowest BCUT2D eigenvalue weighted by atomic mass is 10.3. The summed E-state index contributed by atoms with van der Waals surface area (Å²) in [7, 11) is 0. The molecule has 2 N–H and O–H groups in total. The van der Waals surface area contributed by atoms with Crippen LogP contribution in [0.5, 0.6) is 0 Å². The summed E-state index contributed by atoms with van der Waals surface area (Å²) in [6.45, 7) is 8.03. The molecule has 0 atom stereocenters. The van der Waals surface area contributed by atoms with Gasteiger partial charge in [-0.2, -0.15) is 0 Å². The third-order valence-corrected chi connectivity index (χ3v) is 1.92. The highest BCUT2D eigenvalue weighted by Crippen LogP contribution is 1.95. The summed E-state index contributed by atoms with van der Waals surface area (Å²) < 4.78 is 0. The molecule has 0 bridgehead atoms. The molecule has 0 aliphatic carbocycles. The number of aliphatic carboxylic acids is 1. The van der Waals surface area contributed by atoms with E-state index >= 15 is 0 Å². The van der Waals surface area contributed by atoms with Crippen LogP contribution in [0.4, 0.5) is 0 Å². The molecule has 0 rings (SSSR count). The van der Waals surface area contributed by atoms with E-state index in [9.17, 15) is 9.59 Å². The number of amides is 1. The van der Waals surface area contributed by atoms with Gasteiger partial charge in [0.25, 0.3) is 0 Å². The van der Waals surface area contributed by atoms with Gasteiger partial charge >= 0.3 is 5.97 Å². The topological polar surface area (TPSA) is 69.6 Å². The molecule has 92 valence electrons. The van der Waals surface area contributed by atoms with Crippen molar-refractivity contribution in [1.82, 2.24) is 10.2 Å². The fourth-order valence-electron chi connectivity index (χ4n) is 1.20. The summed E-state index contributed by atoms with van der Waals surface area (Å²) in [5.41, 5.74) is 0. The van der Waals surface area contributed by atoms with Crippen molar-refractivity contribution in [1.29, 1.82) is 0 Å². The molecule has 0 unspecified atom stereocenters. The highest BCUT2D eigenvalue weighted by molar-refractivity contribution is 5.81. The van der Waals surface area contributed by atoms with E-state index < -0.39 is 5.97 Å². The minimum Gasteiger partial charge on any atom is -0.480 e. The number of carboxylic acids is 1. The zero-order valence-electron chi connectivity index (χ0n) is 9.90. The molecule has 0 spiro atoms. The summed E-state index contributed by atoms with van der Waals surface area (Å²) in [6, 6.07) is 0.320. The van der Waals surface area contributed by atoms with Gasteiger partial charge in [0.05, 0.1) is 0 Å². The monoisotopic (exact) mass is 228 g/mol. The molecule has 0 aromatic carbocycles. The van der Waals surface area contributed by atoms with Crippen molar-refractivity contribution in [3.63, 3.8) is 0 Å². The molecule has 0 aromatic heterocycles. The maximum absolute atomic E-state index is 11.6. The van der Waals surface area contributed by atoms with Gasteiger partial charge in [0.15, 0.2) is 0 Å². The fraction of sp³-hybridized carbons (Fsp3) is 0.636. The molecule has 0 aliphatic rings. The van der Waals surface area contributed by atoms with Crippen molar-refractivity contribution >= 4 is 11.9 Å². The van der Waals surface area contributed by atoms with E-state index in [0.717, 1.165) is 0 Å². The zero-order chi connectivity index (χ0) is 12.6. The van der Waals surface area contributed by atoms with Crippen molar-refractivity contribution in [2.45, 2.75) is 26.3 Å². The zero-order valence-corrected chi connectivity index (χ0v) is 9.90. The van der Waals surface area contributed by atoms with Crippen molar-refractivity contribution < 1.29 is 14.7 Å². The lowest BCUT2D eigenvalue weighted by molar-refractivity contribution is -0.144. The van der Waals surface area contributed by atoms with Crippen molar-refractivity contribution in [3.05, 3.63) is 12.7 Å². The molecule has 0 aromatic rings. The standard InChI is InChI=1S/C11H20N2O3/c1-4-7-13(8-11(15)16)10(14)5-6-12-9(2)3/h4,9,12H,1,5-8H2,2-3H3,(H,15,16). The van der Waals surface area contributed by atoms with E-state index in [4.69, 9.17) is 5.11 Å². The molecule has 5 heteroatoms. The van der Waals surface area contributed by atoms with E-state index in [2.05, 4.69) is 11.9 Å². The Balaban J connectivity index is 4.06. The predicted molar refractivity (Wildman–Crippen MR) is 62.2 cm³/mol. The average Bonchev–Trinajstić information content (AvgIpc) is 2.15. The minimum atomic E-state index is -1.01. The quantitative estimate of drug-likeness (QED) is 0.593. The first-order chi connectivity index (χ1) is 7.47. The summed E-state index contributed by atoms with van der Waals surface area (Å²) >= 11 is 0. The Morgan fingerprint density at radius 2 is 2.12 bits per heavy atom. The van der Waals surface area contributed by atoms with Gasteiger partial charge in [-0.05, 0) is 0 Å². The third-order valence-electron chi connectivity index (χ3n) is 1.92. The highest BCUT2D eigenvalue weighted by atomic mass is 16.4. The van der Waals surface area contributed by atoms with E-state index in [-0.39, 0.29) is 19.0 Å². The Morgan fingerprint density at radius 3 is 2.56 bits per heavy atom. The van der Waals surface area contributed by atoms with Gasteiger partial charge in [-0.25, -0.2) is 0 Å². The normalized spacial score (nSPS) is 10.2. The number of carbonyl (C=O) groups excluding carboxylic acids is 1. The molecular formula is C11H20N2O3. The van der Waals surface area contributed by atoms with E-state index in [1.807, 2.05) is 13.8 Å². The van der Waals surface area contributed by atoms with Crippen LogP contribution in [0.3, 0.4) is 0 Å². The summed E-state index contributed by atoms with van der Waals surface area (Å²) in [4.78, 5) is 23.4. The Bertz CT molecular complexity index is 252. The second-order valence-electron chi connectivity index (χ2n) is 3.82. The maximum Gasteiger partial charge on any atom is 0.323 e. The number of rotatable bonds is 8. The predicted octanol–water partition coefficient (Wildman–Crippen LogP) is 0.474. The van der Waals surface area contributed by atoms with Crippen LogP contribution in [0.1, 0.15) is 20.3 Å². The van der Waals surface area contributed by atoms with Crippen LogP contribution in [0, 0.1) is 0 Å². The van der Waals surface area contributed by atoms with Crippen LogP contribution in [-0.4, -0.2) is 47.6 Å². The SMILES string of the molecule is C=CCN(CC(=O)O)C(=O)CCNC(C)C. The second kappa shape index (κ2) is 7.87. The molecule has 0 fully saturated rings. The van der Waals surface area contributed by atoms with Gasteiger partial charge in [0.2, 0.25) is 5.91 Å². The lowest BCUT2D eigenvalue weighted by Gasteiger charge is -2.19. The molecule has 0 saturated heterocycles. The van der Waals surface area contributed by atoms with Crippen molar-refractivity contribution in [2.24, 2.45) is 0 Å². The second-order valence-corrected chi connectivity index (χ2v) is 3.82. The van der Waals surface area contributed by atoms with Crippen molar-refractivity contribution in [2.75, 3.05) is 19.6 Å². The molecule has 0 heterocycles. The number of hydrogen-bond donors (Lipinski definition) is 2. The molecule has 16 heavy (non-hydrogen) atoms. The van der Waals surface area contributed by atoms with E-state index in [1.165, 1.54) is 11.0 Å². The summed E-state index contributed by atoms with van der Waals surface area (Å²) in [5, 5.41) is 11.7. The first-order valence-electron chi connectivity index (χ1n) is 5.31. The highest BCUT2D eigenvalue weighted by Gasteiger charge is 2.14. The molecule has 0 aliphatic heterocycles. The van der Waals surface area contributed by atoms with Crippen LogP contribution in [0.2, 0.25) is 0 Å². The van der Waals surface area contributed by atoms with Crippen LogP contribution < -0.4 is 5.32 Å². The van der Waals surface area contributed by atoms with Gasteiger partial charge in [-0.3, -0.25) is 9.59 Å². The number of nitrogens with zero attached hydrogens (tertiary/aromatic N) is 1. The largest absolute Gasteiger partial charge is 0.480 e. The lowest BCUT2D eigenvalue weighted by Crippen LogP contribution is -2.37. The van der Waals surface area contributed by atoms with Gasteiger partial charge in [0.1, 0.15) is 6.54 Å². The first-order valence-corrected chi connectivity index (χ1v) is 5.31. The van der Waals surface area contributed by atoms with Crippen LogP contribution in [0.25, 0.3) is 0 Å². The molecule has 5 nitrogen and oxygen atoms in total. The number of carbonyl (C=O) groups is 2. The van der Waals surface area contributed by atoms with Gasteiger partial charge in [-0.1, -0.05) is 19.9 Å². The van der Waals surface area contributed by atoms with Crippen molar-refractivity contribution in [3.8, 4) is 0 Å². The first kappa shape index (κ1) is 14.6. The molecule has 0 radical (unpaired) electrons. The molecule has 0 saturated carbocycles. The fourth-order valence-corrected chi connectivity index (χ4v) is 1.20. The molecule has 1 amide bonds. The van der Waals surface area contributed by atoms with Crippen LogP contribution in [0.15, 0.2) is 12.7 Å². The summed E-state index contributed by atoms with van der Waals surface area (Å²) in [6.07, 6.45) is 1.83. The Hall–Kier alpha value is -1.36. The Morgan fingerprint density at radius 1 is 1.50 bits per heavy atom. The van der Waals surface area contributed by atoms with Gasteiger partial charge in [0, 0.05) is 25.6 Å². The Kier molecular flexibility index (Phi) is 7.20. The van der Waals surface area contributed by atoms with Crippen LogP contribution in [-0.2, 0) is 9.59 Å². The number of carboxylic acid groups (broad SMARTS) is 1. The minimum absolute atomic E-state index is 0.171. The van der Waals surface area contributed by atoms with Crippen LogP contribution >= 0.6 is 0 Å². The average molecular weight is 228 g/mol. The summed E-state index contributed by atoms with van der Waals surface area (Å²) in [5.74, 6) is -1.18. The third kappa shape index (κ3) is 7.00.